The van der Waals surface area contributed by atoms with Crippen molar-refractivity contribution >= 4 is 5.91 Å². The second-order valence-corrected chi connectivity index (χ2v) is 7.25. The van der Waals surface area contributed by atoms with Crippen LogP contribution in [0, 0.1) is 6.92 Å². The Hall–Kier alpha value is -2.57. The maximum Gasteiger partial charge on any atom is 0.224 e. The average Bonchev–Trinajstić information content (AvgIpc) is 2.74. The van der Waals surface area contributed by atoms with Gasteiger partial charge in [0.25, 0.3) is 0 Å². The molecule has 0 aliphatic carbocycles. The van der Waals surface area contributed by atoms with Crippen LogP contribution in [0.25, 0.3) is 0 Å². The largest absolute Gasteiger partial charge is 0.493 e. The number of carbonyl (C=O) groups excluding carboxylic acids is 1. The molecule has 1 aliphatic heterocycles. The first kappa shape index (κ1) is 21.1. The zero-order valence-corrected chi connectivity index (χ0v) is 17.4. The van der Waals surface area contributed by atoms with Crippen LogP contribution in [0.15, 0.2) is 42.5 Å². The lowest BCUT2D eigenvalue weighted by molar-refractivity contribution is -0.120. The zero-order chi connectivity index (χ0) is 20.6. The maximum atomic E-state index is 12.6. The van der Waals surface area contributed by atoms with Gasteiger partial charge in [0.2, 0.25) is 5.91 Å². The van der Waals surface area contributed by atoms with Crippen molar-refractivity contribution in [3.05, 3.63) is 59.2 Å². The monoisotopic (exact) mass is 398 g/mol. The van der Waals surface area contributed by atoms with Crippen molar-refractivity contribution in [2.75, 3.05) is 47.1 Å². The molecular formula is C23H30N2O4. The third-order valence-electron chi connectivity index (χ3n) is 5.22. The molecule has 0 bridgehead atoms. The lowest BCUT2D eigenvalue weighted by atomic mass is 10.0. The van der Waals surface area contributed by atoms with Crippen LogP contribution in [0.2, 0.25) is 0 Å². The van der Waals surface area contributed by atoms with Gasteiger partial charge < -0.3 is 19.5 Å². The number of hydrogen-bond donors (Lipinski definition) is 1. The van der Waals surface area contributed by atoms with Gasteiger partial charge in [-0.2, -0.15) is 0 Å². The molecular weight excluding hydrogens is 368 g/mol. The first-order valence-electron chi connectivity index (χ1n) is 9.96. The number of amides is 1. The SMILES string of the molecule is COc1ccc(CC(=O)NCC(c2cccc(C)c2)N2CCOCC2)cc1OC. The van der Waals surface area contributed by atoms with E-state index in [9.17, 15) is 4.79 Å². The summed E-state index contributed by atoms with van der Waals surface area (Å²) in [5.41, 5.74) is 3.33. The molecule has 0 saturated carbocycles. The summed E-state index contributed by atoms with van der Waals surface area (Å²) < 4.78 is 16.1. The Morgan fingerprint density at radius 2 is 1.86 bits per heavy atom. The van der Waals surface area contributed by atoms with Gasteiger partial charge in [0.05, 0.1) is 39.9 Å². The lowest BCUT2D eigenvalue weighted by Crippen LogP contribution is -2.44. The Labute approximate surface area is 172 Å². The van der Waals surface area contributed by atoms with E-state index in [1.165, 1.54) is 11.1 Å². The van der Waals surface area contributed by atoms with Crippen molar-refractivity contribution in [2.45, 2.75) is 19.4 Å². The maximum absolute atomic E-state index is 12.6. The smallest absolute Gasteiger partial charge is 0.224 e. The van der Waals surface area contributed by atoms with Gasteiger partial charge in [0.1, 0.15) is 0 Å². The molecule has 1 atom stereocenters. The van der Waals surface area contributed by atoms with Crippen LogP contribution in [0.1, 0.15) is 22.7 Å². The van der Waals surface area contributed by atoms with Crippen LogP contribution < -0.4 is 14.8 Å². The standard InChI is InChI=1S/C23H30N2O4/c1-17-5-4-6-19(13-17)20(25-9-11-29-12-10-25)16-24-23(26)15-18-7-8-21(27-2)22(14-18)28-3/h4-8,13-14,20H,9-12,15-16H2,1-3H3,(H,24,26). The van der Waals surface area contributed by atoms with Gasteiger partial charge >= 0.3 is 0 Å². The van der Waals surface area contributed by atoms with E-state index < -0.39 is 0 Å². The van der Waals surface area contributed by atoms with Crippen LogP contribution in [0.4, 0.5) is 0 Å². The summed E-state index contributed by atoms with van der Waals surface area (Å²) in [4.78, 5) is 15.0. The summed E-state index contributed by atoms with van der Waals surface area (Å²) in [5.74, 6) is 1.27. The highest BCUT2D eigenvalue weighted by Crippen LogP contribution is 2.28. The predicted octanol–water partition coefficient (Wildman–Crippen LogP) is 2.74. The van der Waals surface area contributed by atoms with E-state index in [1.807, 2.05) is 18.2 Å². The Bertz CT molecular complexity index is 818. The van der Waals surface area contributed by atoms with E-state index in [1.54, 1.807) is 14.2 Å². The Morgan fingerprint density at radius 3 is 2.55 bits per heavy atom. The van der Waals surface area contributed by atoms with Crippen molar-refractivity contribution in [3.8, 4) is 11.5 Å². The number of morpholine rings is 1. The Kier molecular flexibility index (Phi) is 7.49. The van der Waals surface area contributed by atoms with Gasteiger partial charge in [-0.25, -0.2) is 0 Å². The second kappa shape index (κ2) is 10.3. The highest BCUT2D eigenvalue weighted by atomic mass is 16.5. The molecule has 2 aromatic rings. The fourth-order valence-corrected chi connectivity index (χ4v) is 3.67. The van der Waals surface area contributed by atoms with E-state index in [0.29, 0.717) is 24.5 Å². The number of nitrogens with zero attached hydrogens (tertiary/aromatic N) is 1. The minimum absolute atomic E-state index is 0.0110. The summed E-state index contributed by atoms with van der Waals surface area (Å²) in [6, 6.07) is 14.2. The van der Waals surface area contributed by atoms with Crippen LogP contribution in [0.3, 0.4) is 0 Å². The van der Waals surface area contributed by atoms with Crippen LogP contribution in [-0.2, 0) is 16.0 Å². The highest BCUT2D eigenvalue weighted by Gasteiger charge is 2.23. The lowest BCUT2D eigenvalue weighted by Gasteiger charge is -2.35. The third-order valence-corrected chi connectivity index (χ3v) is 5.22. The van der Waals surface area contributed by atoms with Crippen molar-refractivity contribution in [1.29, 1.82) is 0 Å². The molecule has 1 aliphatic rings. The van der Waals surface area contributed by atoms with Gasteiger partial charge in [0.15, 0.2) is 11.5 Å². The summed E-state index contributed by atoms with van der Waals surface area (Å²) in [7, 11) is 3.19. The molecule has 0 aromatic heterocycles. The quantitative estimate of drug-likeness (QED) is 0.741. The molecule has 1 amide bonds. The summed E-state index contributed by atoms with van der Waals surface area (Å²) in [6.45, 7) is 5.84. The molecule has 1 N–H and O–H groups in total. The molecule has 6 nitrogen and oxygen atoms in total. The van der Waals surface area contributed by atoms with E-state index in [-0.39, 0.29) is 11.9 Å². The molecule has 6 heteroatoms. The predicted molar refractivity (Wildman–Crippen MR) is 113 cm³/mol. The fraction of sp³-hybridized carbons (Fsp3) is 0.435. The van der Waals surface area contributed by atoms with Crippen LogP contribution in [0.5, 0.6) is 11.5 Å². The number of aryl methyl sites for hydroxylation is 1. The first-order valence-corrected chi connectivity index (χ1v) is 9.96. The fourth-order valence-electron chi connectivity index (χ4n) is 3.67. The minimum Gasteiger partial charge on any atom is -0.493 e. The zero-order valence-electron chi connectivity index (χ0n) is 17.4. The van der Waals surface area contributed by atoms with Crippen LogP contribution in [-0.4, -0.2) is 57.9 Å². The topological polar surface area (TPSA) is 60.0 Å². The molecule has 1 fully saturated rings. The number of ether oxygens (including phenoxy) is 3. The Morgan fingerprint density at radius 1 is 1.10 bits per heavy atom. The molecule has 0 spiro atoms. The van der Waals surface area contributed by atoms with Crippen molar-refractivity contribution < 1.29 is 19.0 Å². The summed E-state index contributed by atoms with van der Waals surface area (Å²) >= 11 is 0. The first-order chi connectivity index (χ1) is 14.1. The third kappa shape index (κ3) is 5.71. The van der Waals surface area contributed by atoms with Crippen molar-refractivity contribution in [1.82, 2.24) is 10.2 Å². The van der Waals surface area contributed by atoms with E-state index in [4.69, 9.17) is 14.2 Å². The molecule has 3 rings (SSSR count). The number of carbonyl (C=O) groups is 1. The van der Waals surface area contributed by atoms with Crippen LogP contribution >= 0.6 is 0 Å². The summed E-state index contributed by atoms with van der Waals surface area (Å²) in [5, 5.41) is 3.12. The minimum atomic E-state index is -0.0110. The molecule has 2 aromatic carbocycles. The number of nitrogens with one attached hydrogen (secondary N) is 1. The Balaban J connectivity index is 1.66. The number of rotatable bonds is 8. The van der Waals surface area contributed by atoms with E-state index >= 15 is 0 Å². The second-order valence-electron chi connectivity index (χ2n) is 7.25. The van der Waals surface area contributed by atoms with Gasteiger partial charge in [-0.3, -0.25) is 9.69 Å². The van der Waals surface area contributed by atoms with Gasteiger partial charge in [0, 0.05) is 19.6 Å². The van der Waals surface area contributed by atoms with Gasteiger partial charge in [-0.05, 0) is 30.2 Å². The number of methoxy groups -OCH3 is 2. The van der Waals surface area contributed by atoms with E-state index in [2.05, 4.69) is 41.4 Å². The van der Waals surface area contributed by atoms with Gasteiger partial charge in [-0.15, -0.1) is 0 Å². The van der Waals surface area contributed by atoms with E-state index in [0.717, 1.165) is 31.9 Å². The number of benzene rings is 2. The average molecular weight is 399 g/mol. The normalized spacial score (nSPS) is 15.6. The van der Waals surface area contributed by atoms with Crippen molar-refractivity contribution in [3.63, 3.8) is 0 Å². The molecule has 1 heterocycles. The highest BCUT2D eigenvalue weighted by molar-refractivity contribution is 5.78. The molecule has 29 heavy (non-hydrogen) atoms. The molecule has 1 saturated heterocycles. The van der Waals surface area contributed by atoms with Crippen molar-refractivity contribution in [2.24, 2.45) is 0 Å². The summed E-state index contributed by atoms with van der Waals surface area (Å²) in [6.07, 6.45) is 0.296. The van der Waals surface area contributed by atoms with Gasteiger partial charge in [-0.1, -0.05) is 35.9 Å². The number of hydrogen-bond acceptors (Lipinski definition) is 5. The molecule has 156 valence electrons. The molecule has 0 radical (unpaired) electrons. The molecule has 1 unspecified atom stereocenters.